The molecule has 0 saturated carbocycles. The van der Waals surface area contributed by atoms with Gasteiger partial charge in [-0.15, -0.1) is 11.3 Å². The van der Waals surface area contributed by atoms with Crippen molar-refractivity contribution < 1.29 is 4.79 Å². The number of nitrogens with zero attached hydrogens (tertiary/aromatic N) is 3. The van der Waals surface area contributed by atoms with E-state index in [4.69, 9.17) is 0 Å². The number of likely N-dealkylation sites (tertiary alicyclic amines) is 1. The lowest BCUT2D eigenvalue weighted by Gasteiger charge is -2.32. The summed E-state index contributed by atoms with van der Waals surface area (Å²) in [5, 5.41) is 1.80. The Kier molecular flexibility index (Phi) is 5.07. The second-order valence-electron chi connectivity index (χ2n) is 7.29. The summed E-state index contributed by atoms with van der Waals surface area (Å²) in [5.41, 5.74) is 2.57. The first-order valence-corrected chi connectivity index (χ1v) is 10.3. The zero-order chi connectivity index (χ0) is 18.8. The summed E-state index contributed by atoms with van der Waals surface area (Å²) in [5.74, 6) is 0.444. The van der Waals surface area contributed by atoms with Crippen LogP contribution < -0.4 is 5.56 Å². The van der Waals surface area contributed by atoms with Crippen LogP contribution in [0, 0.1) is 12.8 Å². The van der Waals surface area contributed by atoms with Gasteiger partial charge in [0.1, 0.15) is 5.56 Å². The predicted molar refractivity (Wildman–Crippen MR) is 107 cm³/mol. The van der Waals surface area contributed by atoms with E-state index in [1.54, 1.807) is 16.5 Å². The molecule has 1 saturated heterocycles. The van der Waals surface area contributed by atoms with Crippen molar-refractivity contribution in [3.05, 3.63) is 69.1 Å². The van der Waals surface area contributed by atoms with Crippen LogP contribution in [0.2, 0.25) is 0 Å². The van der Waals surface area contributed by atoms with E-state index >= 15 is 0 Å². The summed E-state index contributed by atoms with van der Waals surface area (Å²) in [7, 11) is 0. The van der Waals surface area contributed by atoms with Gasteiger partial charge in [0, 0.05) is 30.9 Å². The van der Waals surface area contributed by atoms with E-state index in [1.807, 2.05) is 0 Å². The van der Waals surface area contributed by atoms with E-state index in [9.17, 15) is 9.59 Å². The molecule has 0 atom stereocenters. The maximum atomic E-state index is 12.8. The Balaban J connectivity index is 1.35. The van der Waals surface area contributed by atoms with Gasteiger partial charge in [-0.25, -0.2) is 4.98 Å². The van der Waals surface area contributed by atoms with Crippen LogP contribution in [0.5, 0.6) is 0 Å². The number of rotatable bonds is 4. The minimum atomic E-state index is -0.271. The Morgan fingerprint density at radius 1 is 1.22 bits per heavy atom. The molecule has 4 rings (SSSR count). The number of amides is 1. The molecular weight excluding hydrogens is 358 g/mol. The average Bonchev–Trinajstić information content (AvgIpc) is 3.18. The molecule has 2 aromatic heterocycles. The van der Waals surface area contributed by atoms with Crippen LogP contribution in [0.15, 0.2) is 46.8 Å². The first kappa shape index (κ1) is 17.9. The van der Waals surface area contributed by atoms with E-state index in [-0.39, 0.29) is 17.0 Å². The molecule has 1 amide bonds. The SMILES string of the molecule is Cc1ccc(CCC2CCN(C(=O)c3cnc4sccn4c3=O)CC2)cc1. The Hall–Kier alpha value is -2.47. The molecule has 27 heavy (non-hydrogen) atoms. The van der Waals surface area contributed by atoms with Crippen LogP contribution in [0.4, 0.5) is 0 Å². The largest absolute Gasteiger partial charge is 0.338 e. The second-order valence-corrected chi connectivity index (χ2v) is 8.17. The highest BCUT2D eigenvalue weighted by atomic mass is 32.1. The predicted octanol–water partition coefficient (Wildman–Crippen LogP) is 3.55. The van der Waals surface area contributed by atoms with Gasteiger partial charge in [-0.2, -0.15) is 0 Å². The molecule has 0 aliphatic carbocycles. The molecule has 0 unspecified atom stereocenters. The number of carbonyl (C=O) groups is 1. The fraction of sp³-hybridized carbons (Fsp3) is 0.381. The summed E-state index contributed by atoms with van der Waals surface area (Å²) in [6, 6.07) is 8.73. The fourth-order valence-corrected chi connectivity index (χ4v) is 4.37. The van der Waals surface area contributed by atoms with Gasteiger partial charge in [0.05, 0.1) is 0 Å². The Labute approximate surface area is 162 Å². The van der Waals surface area contributed by atoms with Crippen molar-refractivity contribution in [3.8, 4) is 0 Å². The fourth-order valence-electron chi connectivity index (χ4n) is 3.69. The Bertz CT molecular complexity index is 998. The highest BCUT2D eigenvalue weighted by molar-refractivity contribution is 7.15. The van der Waals surface area contributed by atoms with Crippen molar-refractivity contribution in [2.45, 2.75) is 32.6 Å². The number of benzene rings is 1. The molecule has 1 aliphatic rings. The van der Waals surface area contributed by atoms with Crippen molar-refractivity contribution in [2.24, 2.45) is 5.92 Å². The summed E-state index contributed by atoms with van der Waals surface area (Å²) < 4.78 is 1.45. The van der Waals surface area contributed by atoms with Crippen LogP contribution in [-0.4, -0.2) is 33.3 Å². The Morgan fingerprint density at radius 3 is 2.70 bits per heavy atom. The van der Waals surface area contributed by atoms with Crippen LogP contribution >= 0.6 is 11.3 Å². The van der Waals surface area contributed by atoms with E-state index < -0.39 is 0 Å². The zero-order valence-electron chi connectivity index (χ0n) is 15.4. The van der Waals surface area contributed by atoms with E-state index in [0.717, 1.165) is 25.7 Å². The van der Waals surface area contributed by atoms with E-state index in [1.165, 1.54) is 33.1 Å². The number of hydrogen-bond donors (Lipinski definition) is 0. The lowest BCUT2D eigenvalue weighted by molar-refractivity contribution is 0.0684. The molecule has 3 heterocycles. The quantitative estimate of drug-likeness (QED) is 0.694. The van der Waals surface area contributed by atoms with Gasteiger partial charge in [0.25, 0.3) is 11.5 Å². The molecule has 0 bridgehead atoms. The summed E-state index contributed by atoms with van der Waals surface area (Å²) in [6.45, 7) is 3.53. The minimum Gasteiger partial charge on any atom is -0.338 e. The summed E-state index contributed by atoms with van der Waals surface area (Å²) >= 11 is 1.39. The van der Waals surface area contributed by atoms with Gasteiger partial charge < -0.3 is 4.90 Å². The molecule has 1 aromatic carbocycles. The molecule has 1 fully saturated rings. The maximum Gasteiger partial charge on any atom is 0.271 e. The standard InChI is InChI=1S/C21H23N3O2S/c1-15-2-4-16(5-3-15)6-7-17-8-10-23(11-9-17)19(25)18-14-22-21-24(20(18)26)12-13-27-21/h2-5,12-14,17H,6-11H2,1H3. The highest BCUT2D eigenvalue weighted by Crippen LogP contribution is 2.23. The zero-order valence-corrected chi connectivity index (χ0v) is 16.2. The van der Waals surface area contributed by atoms with E-state index in [0.29, 0.717) is 24.0 Å². The average molecular weight is 382 g/mol. The monoisotopic (exact) mass is 381 g/mol. The molecule has 0 N–H and O–H groups in total. The van der Waals surface area contributed by atoms with Crippen molar-refractivity contribution in [1.82, 2.24) is 14.3 Å². The number of thiazole rings is 1. The van der Waals surface area contributed by atoms with Crippen molar-refractivity contribution >= 4 is 22.2 Å². The molecular formula is C21H23N3O2S. The lowest BCUT2D eigenvalue weighted by Crippen LogP contribution is -2.41. The lowest BCUT2D eigenvalue weighted by atomic mass is 9.90. The normalized spacial score (nSPS) is 15.4. The number of carbonyl (C=O) groups excluding carboxylic acids is 1. The summed E-state index contributed by atoms with van der Waals surface area (Å²) in [6.07, 6.45) is 7.32. The summed E-state index contributed by atoms with van der Waals surface area (Å²) in [4.78, 5) is 31.9. The van der Waals surface area contributed by atoms with Crippen LogP contribution in [0.3, 0.4) is 0 Å². The second kappa shape index (κ2) is 7.64. The van der Waals surface area contributed by atoms with Crippen molar-refractivity contribution in [1.29, 1.82) is 0 Å². The molecule has 1 aliphatic heterocycles. The van der Waals surface area contributed by atoms with Gasteiger partial charge in [-0.05, 0) is 44.1 Å². The van der Waals surface area contributed by atoms with E-state index in [2.05, 4.69) is 36.2 Å². The molecule has 0 spiro atoms. The first-order chi connectivity index (χ1) is 13.1. The molecule has 6 heteroatoms. The van der Waals surface area contributed by atoms with Crippen LogP contribution in [-0.2, 0) is 6.42 Å². The number of aryl methyl sites for hydroxylation is 2. The van der Waals surface area contributed by atoms with Crippen molar-refractivity contribution in [2.75, 3.05) is 13.1 Å². The highest BCUT2D eigenvalue weighted by Gasteiger charge is 2.25. The van der Waals surface area contributed by atoms with Gasteiger partial charge in [-0.1, -0.05) is 29.8 Å². The smallest absolute Gasteiger partial charge is 0.271 e. The number of hydrogen-bond acceptors (Lipinski definition) is 4. The number of aromatic nitrogens is 2. The third kappa shape index (κ3) is 3.81. The Morgan fingerprint density at radius 2 is 1.96 bits per heavy atom. The first-order valence-electron chi connectivity index (χ1n) is 9.41. The maximum absolute atomic E-state index is 12.8. The van der Waals surface area contributed by atoms with Crippen LogP contribution in [0.1, 0.15) is 40.7 Å². The van der Waals surface area contributed by atoms with Crippen LogP contribution in [0.25, 0.3) is 4.96 Å². The van der Waals surface area contributed by atoms with Gasteiger partial charge >= 0.3 is 0 Å². The number of piperidine rings is 1. The molecule has 140 valence electrons. The molecule has 5 nitrogen and oxygen atoms in total. The van der Waals surface area contributed by atoms with Gasteiger partial charge in [0.15, 0.2) is 4.96 Å². The van der Waals surface area contributed by atoms with Crippen molar-refractivity contribution in [3.63, 3.8) is 0 Å². The third-order valence-electron chi connectivity index (χ3n) is 5.44. The third-order valence-corrected chi connectivity index (χ3v) is 6.21. The molecule has 0 radical (unpaired) electrons. The van der Waals surface area contributed by atoms with Gasteiger partial charge in [-0.3, -0.25) is 14.0 Å². The number of fused-ring (bicyclic) bond motifs is 1. The molecule has 3 aromatic rings. The minimum absolute atomic E-state index is 0.170. The van der Waals surface area contributed by atoms with Gasteiger partial charge in [0.2, 0.25) is 0 Å². The topological polar surface area (TPSA) is 54.7 Å².